The van der Waals surface area contributed by atoms with Gasteiger partial charge in [0.05, 0.1) is 12.7 Å². The first-order valence-corrected chi connectivity index (χ1v) is 7.31. The van der Waals surface area contributed by atoms with Crippen LogP contribution in [-0.2, 0) is 9.47 Å². The fourth-order valence-electron chi connectivity index (χ4n) is 2.32. The topological polar surface area (TPSA) is 58.9 Å². The highest BCUT2D eigenvalue weighted by molar-refractivity contribution is 4.82. The van der Waals surface area contributed by atoms with E-state index in [4.69, 9.17) is 9.47 Å². The van der Waals surface area contributed by atoms with E-state index in [1.807, 2.05) is 0 Å². The van der Waals surface area contributed by atoms with Gasteiger partial charge in [-0.25, -0.2) is 0 Å². The molecule has 0 radical (unpaired) electrons. The zero-order valence-corrected chi connectivity index (χ0v) is 11.5. The van der Waals surface area contributed by atoms with Gasteiger partial charge in [-0.1, -0.05) is 39.0 Å². The third kappa shape index (κ3) is 5.65. The third-order valence-electron chi connectivity index (χ3n) is 3.48. The van der Waals surface area contributed by atoms with E-state index in [1.165, 1.54) is 32.1 Å². The lowest BCUT2D eigenvalue weighted by Gasteiger charge is -2.23. The van der Waals surface area contributed by atoms with Gasteiger partial charge in [0.15, 0.2) is 0 Å². The van der Waals surface area contributed by atoms with Crippen LogP contribution in [0.25, 0.3) is 0 Å². The molecule has 18 heavy (non-hydrogen) atoms. The summed E-state index contributed by atoms with van der Waals surface area (Å²) in [5.74, 6) is 0. The standard InChI is InChI=1S/C14H28O4/c1-2-3-4-5-6-7-9-17-13(11-15)14-12(16)8-10-18-14/h12-16H,2-11H2,1H3/t12-,13-,14+/m1/s1. The lowest BCUT2D eigenvalue weighted by Crippen LogP contribution is -2.39. The van der Waals surface area contributed by atoms with E-state index < -0.39 is 6.10 Å². The van der Waals surface area contributed by atoms with E-state index >= 15 is 0 Å². The summed E-state index contributed by atoms with van der Waals surface area (Å²) in [6.07, 6.45) is 6.73. The van der Waals surface area contributed by atoms with Gasteiger partial charge in [0.2, 0.25) is 0 Å². The Labute approximate surface area is 110 Å². The smallest absolute Gasteiger partial charge is 0.112 e. The lowest BCUT2D eigenvalue weighted by molar-refractivity contribution is -0.0985. The molecular weight excluding hydrogens is 232 g/mol. The number of hydrogen-bond acceptors (Lipinski definition) is 4. The highest BCUT2D eigenvalue weighted by Crippen LogP contribution is 2.19. The molecule has 1 aliphatic rings. The Morgan fingerprint density at radius 1 is 1.22 bits per heavy atom. The first-order valence-electron chi connectivity index (χ1n) is 7.31. The predicted molar refractivity (Wildman–Crippen MR) is 70.6 cm³/mol. The van der Waals surface area contributed by atoms with E-state index in [-0.39, 0.29) is 18.8 Å². The molecule has 0 saturated carbocycles. The van der Waals surface area contributed by atoms with E-state index in [0.717, 1.165) is 6.42 Å². The Balaban J connectivity index is 2.05. The van der Waals surface area contributed by atoms with Crippen molar-refractivity contribution in [2.75, 3.05) is 19.8 Å². The summed E-state index contributed by atoms with van der Waals surface area (Å²) in [6, 6.07) is 0. The molecular formula is C14H28O4. The summed E-state index contributed by atoms with van der Waals surface area (Å²) in [6.45, 7) is 3.33. The van der Waals surface area contributed by atoms with Crippen molar-refractivity contribution in [3.05, 3.63) is 0 Å². The van der Waals surface area contributed by atoms with Crippen molar-refractivity contribution < 1.29 is 19.7 Å². The molecule has 108 valence electrons. The molecule has 0 aromatic rings. The normalized spacial score (nSPS) is 25.5. The number of aliphatic hydroxyl groups is 2. The molecule has 2 N–H and O–H groups in total. The van der Waals surface area contributed by atoms with E-state index in [1.54, 1.807) is 0 Å². The van der Waals surface area contributed by atoms with Crippen molar-refractivity contribution >= 4 is 0 Å². The Hall–Kier alpha value is -0.160. The summed E-state index contributed by atoms with van der Waals surface area (Å²) in [7, 11) is 0. The molecule has 0 aromatic heterocycles. The Morgan fingerprint density at radius 2 is 1.94 bits per heavy atom. The quantitative estimate of drug-likeness (QED) is 0.589. The highest BCUT2D eigenvalue weighted by Gasteiger charge is 2.33. The average molecular weight is 260 g/mol. The summed E-state index contributed by atoms with van der Waals surface area (Å²) >= 11 is 0. The molecule has 0 spiro atoms. The van der Waals surface area contributed by atoms with Crippen LogP contribution < -0.4 is 0 Å². The Kier molecular flexibility index (Phi) is 8.59. The molecule has 1 saturated heterocycles. The van der Waals surface area contributed by atoms with Crippen LogP contribution in [0.5, 0.6) is 0 Å². The molecule has 1 heterocycles. The Morgan fingerprint density at radius 3 is 2.56 bits per heavy atom. The molecule has 4 nitrogen and oxygen atoms in total. The van der Waals surface area contributed by atoms with Gasteiger partial charge in [-0.3, -0.25) is 0 Å². The van der Waals surface area contributed by atoms with Crippen molar-refractivity contribution in [2.24, 2.45) is 0 Å². The summed E-state index contributed by atoms with van der Waals surface area (Å²) in [5, 5.41) is 18.9. The number of ether oxygens (including phenoxy) is 2. The minimum absolute atomic E-state index is 0.0858. The van der Waals surface area contributed by atoms with Crippen molar-refractivity contribution in [2.45, 2.75) is 70.2 Å². The first-order chi connectivity index (χ1) is 8.79. The monoisotopic (exact) mass is 260 g/mol. The number of unbranched alkanes of at least 4 members (excludes halogenated alkanes) is 5. The van der Waals surface area contributed by atoms with Gasteiger partial charge in [-0.05, 0) is 12.8 Å². The molecule has 0 bridgehead atoms. The van der Waals surface area contributed by atoms with Crippen LogP contribution in [0.2, 0.25) is 0 Å². The van der Waals surface area contributed by atoms with E-state index in [2.05, 4.69) is 6.92 Å². The predicted octanol–water partition coefficient (Wildman–Crippen LogP) is 1.87. The molecule has 0 aliphatic carbocycles. The van der Waals surface area contributed by atoms with Gasteiger partial charge in [-0.2, -0.15) is 0 Å². The van der Waals surface area contributed by atoms with Gasteiger partial charge >= 0.3 is 0 Å². The van der Waals surface area contributed by atoms with Gasteiger partial charge in [0.25, 0.3) is 0 Å². The zero-order chi connectivity index (χ0) is 13.2. The van der Waals surface area contributed by atoms with Crippen LogP contribution in [-0.4, -0.2) is 48.3 Å². The van der Waals surface area contributed by atoms with Crippen LogP contribution in [0.3, 0.4) is 0 Å². The fraction of sp³-hybridized carbons (Fsp3) is 1.00. The summed E-state index contributed by atoms with van der Waals surface area (Å²) in [5.41, 5.74) is 0. The maximum atomic E-state index is 9.67. The third-order valence-corrected chi connectivity index (χ3v) is 3.48. The van der Waals surface area contributed by atoms with Crippen LogP contribution in [0.15, 0.2) is 0 Å². The van der Waals surface area contributed by atoms with Crippen LogP contribution in [0, 0.1) is 0 Å². The molecule has 0 amide bonds. The lowest BCUT2D eigenvalue weighted by atomic mass is 10.1. The zero-order valence-electron chi connectivity index (χ0n) is 11.5. The molecule has 4 heteroatoms. The van der Waals surface area contributed by atoms with Crippen molar-refractivity contribution in [3.63, 3.8) is 0 Å². The second-order valence-corrected chi connectivity index (χ2v) is 5.05. The summed E-state index contributed by atoms with van der Waals surface area (Å²) < 4.78 is 11.0. The average Bonchev–Trinajstić information content (AvgIpc) is 2.79. The van der Waals surface area contributed by atoms with Crippen molar-refractivity contribution in [1.29, 1.82) is 0 Å². The minimum Gasteiger partial charge on any atom is -0.394 e. The Bertz CT molecular complexity index is 198. The minimum atomic E-state index is -0.494. The number of aliphatic hydroxyl groups excluding tert-OH is 2. The molecule has 1 fully saturated rings. The largest absolute Gasteiger partial charge is 0.394 e. The molecule has 1 rings (SSSR count). The molecule has 0 aromatic carbocycles. The van der Waals surface area contributed by atoms with Gasteiger partial charge < -0.3 is 19.7 Å². The summed E-state index contributed by atoms with van der Waals surface area (Å²) in [4.78, 5) is 0. The van der Waals surface area contributed by atoms with E-state index in [9.17, 15) is 10.2 Å². The fourth-order valence-corrected chi connectivity index (χ4v) is 2.32. The van der Waals surface area contributed by atoms with Crippen LogP contribution >= 0.6 is 0 Å². The van der Waals surface area contributed by atoms with Crippen LogP contribution in [0.4, 0.5) is 0 Å². The number of hydrogen-bond donors (Lipinski definition) is 2. The maximum absolute atomic E-state index is 9.67. The van der Waals surface area contributed by atoms with Crippen molar-refractivity contribution in [3.8, 4) is 0 Å². The van der Waals surface area contributed by atoms with Gasteiger partial charge in [0.1, 0.15) is 12.2 Å². The molecule has 1 aliphatic heterocycles. The second-order valence-electron chi connectivity index (χ2n) is 5.05. The van der Waals surface area contributed by atoms with E-state index in [0.29, 0.717) is 19.6 Å². The van der Waals surface area contributed by atoms with Gasteiger partial charge in [0, 0.05) is 13.2 Å². The van der Waals surface area contributed by atoms with Crippen molar-refractivity contribution in [1.82, 2.24) is 0 Å². The second kappa shape index (κ2) is 9.73. The molecule has 3 atom stereocenters. The van der Waals surface area contributed by atoms with Crippen LogP contribution in [0.1, 0.15) is 51.9 Å². The SMILES string of the molecule is CCCCCCCCO[C@H](CO)[C@H]1OCC[C@H]1O. The van der Waals surface area contributed by atoms with Gasteiger partial charge in [-0.15, -0.1) is 0 Å². The number of rotatable bonds is 10. The molecule has 0 unspecified atom stereocenters. The maximum Gasteiger partial charge on any atom is 0.112 e. The first kappa shape index (κ1) is 15.9. The highest BCUT2D eigenvalue weighted by atomic mass is 16.6.